The van der Waals surface area contributed by atoms with Gasteiger partial charge in [-0.3, -0.25) is 4.79 Å². The second kappa shape index (κ2) is 8.58. The number of hydrogen-bond donors (Lipinski definition) is 2. The van der Waals surface area contributed by atoms with Gasteiger partial charge in [0, 0.05) is 50.0 Å². The molecular weight excluding hydrogens is 330 g/mol. The van der Waals surface area contributed by atoms with Gasteiger partial charge in [0.25, 0.3) is 5.91 Å². The van der Waals surface area contributed by atoms with Crippen molar-refractivity contribution >= 4 is 11.6 Å². The highest BCUT2D eigenvalue weighted by molar-refractivity contribution is 5.94. The SMILES string of the molecule is COc1cc(CNC(=O)c2ccc(N3CCNCC3)cc2)cc(OC)c1. The van der Waals surface area contributed by atoms with Crippen LogP contribution in [0.1, 0.15) is 15.9 Å². The van der Waals surface area contributed by atoms with Gasteiger partial charge in [-0.2, -0.15) is 0 Å². The van der Waals surface area contributed by atoms with Gasteiger partial charge in [-0.15, -0.1) is 0 Å². The van der Waals surface area contributed by atoms with Crippen LogP contribution >= 0.6 is 0 Å². The van der Waals surface area contributed by atoms with Crippen molar-refractivity contribution in [2.45, 2.75) is 6.54 Å². The summed E-state index contributed by atoms with van der Waals surface area (Å²) >= 11 is 0. The van der Waals surface area contributed by atoms with Crippen molar-refractivity contribution in [3.8, 4) is 11.5 Å². The zero-order valence-electron chi connectivity index (χ0n) is 15.2. The molecule has 1 fully saturated rings. The molecule has 1 amide bonds. The quantitative estimate of drug-likeness (QED) is 0.830. The number of rotatable bonds is 6. The fourth-order valence-electron chi connectivity index (χ4n) is 3.00. The summed E-state index contributed by atoms with van der Waals surface area (Å²) in [6, 6.07) is 13.3. The van der Waals surface area contributed by atoms with Gasteiger partial charge < -0.3 is 25.0 Å². The topological polar surface area (TPSA) is 62.8 Å². The Kier molecular flexibility index (Phi) is 5.96. The van der Waals surface area contributed by atoms with Crippen molar-refractivity contribution in [3.63, 3.8) is 0 Å². The van der Waals surface area contributed by atoms with Crippen LogP contribution < -0.4 is 25.0 Å². The molecule has 0 spiro atoms. The Morgan fingerprint density at radius 3 is 2.23 bits per heavy atom. The summed E-state index contributed by atoms with van der Waals surface area (Å²) in [4.78, 5) is 14.7. The zero-order chi connectivity index (χ0) is 18.4. The number of methoxy groups -OCH3 is 2. The Hall–Kier alpha value is -2.73. The fraction of sp³-hybridized carbons (Fsp3) is 0.350. The van der Waals surface area contributed by atoms with E-state index in [9.17, 15) is 4.79 Å². The summed E-state index contributed by atoms with van der Waals surface area (Å²) in [7, 11) is 3.22. The van der Waals surface area contributed by atoms with Crippen LogP contribution in [0.3, 0.4) is 0 Å². The molecule has 1 aliphatic rings. The van der Waals surface area contributed by atoms with Gasteiger partial charge >= 0.3 is 0 Å². The molecule has 1 saturated heterocycles. The summed E-state index contributed by atoms with van der Waals surface area (Å²) in [6.07, 6.45) is 0. The lowest BCUT2D eigenvalue weighted by Crippen LogP contribution is -2.43. The van der Waals surface area contributed by atoms with Gasteiger partial charge in [0.15, 0.2) is 0 Å². The van der Waals surface area contributed by atoms with Crippen LogP contribution in [-0.4, -0.2) is 46.3 Å². The van der Waals surface area contributed by atoms with Crippen molar-refractivity contribution in [2.24, 2.45) is 0 Å². The summed E-state index contributed by atoms with van der Waals surface area (Å²) in [5.74, 6) is 1.31. The first kappa shape index (κ1) is 18.1. The van der Waals surface area contributed by atoms with E-state index in [1.54, 1.807) is 20.3 Å². The molecule has 3 rings (SSSR count). The maximum absolute atomic E-state index is 12.4. The first-order valence-corrected chi connectivity index (χ1v) is 8.75. The molecule has 0 aliphatic carbocycles. The van der Waals surface area contributed by atoms with Crippen LogP contribution in [0.15, 0.2) is 42.5 Å². The molecule has 26 heavy (non-hydrogen) atoms. The molecule has 0 bridgehead atoms. The Morgan fingerprint density at radius 1 is 1.04 bits per heavy atom. The highest BCUT2D eigenvalue weighted by Crippen LogP contribution is 2.22. The molecular formula is C20H25N3O3. The fourth-order valence-corrected chi connectivity index (χ4v) is 3.00. The van der Waals surface area contributed by atoms with Gasteiger partial charge in [-0.25, -0.2) is 0 Å². The zero-order valence-corrected chi connectivity index (χ0v) is 15.2. The maximum atomic E-state index is 12.4. The average molecular weight is 355 g/mol. The van der Waals surface area contributed by atoms with Gasteiger partial charge in [0.05, 0.1) is 14.2 Å². The molecule has 1 aliphatic heterocycles. The van der Waals surface area contributed by atoms with Crippen molar-refractivity contribution in [3.05, 3.63) is 53.6 Å². The van der Waals surface area contributed by atoms with Gasteiger partial charge in [-0.05, 0) is 42.0 Å². The summed E-state index contributed by atoms with van der Waals surface area (Å²) < 4.78 is 10.5. The predicted octanol–water partition coefficient (Wildman–Crippen LogP) is 2.04. The van der Waals surface area contributed by atoms with E-state index in [1.807, 2.05) is 36.4 Å². The third kappa shape index (κ3) is 4.46. The van der Waals surface area contributed by atoms with Crippen LogP contribution in [0.4, 0.5) is 5.69 Å². The molecule has 6 nitrogen and oxygen atoms in total. The minimum absolute atomic E-state index is 0.0985. The smallest absolute Gasteiger partial charge is 0.251 e. The van der Waals surface area contributed by atoms with Gasteiger partial charge in [-0.1, -0.05) is 0 Å². The van der Waals surface area contributed by atoms with Crippen LogP contribution in [0.5, 0.6) is 11.5 Å². The lowest BCUT2D eigenvalue weighted by Gasteiger charge is -2.29. The van der Waals surface area contributed by atoms with Crippen molar-refractivity contribution in [1.29, 1.82) is 0 Å². The number of hydrogen-bond acceptors (Lipinski definition) is 5. The molecule has 6 heteroatoms. The molecule has 2 aromatic rings. The summed E-state index contributed by atoms with van der Waals surface area (Å²) in [5, 5.41) is 6.28. The first-order valence-electron chi connectivity index (χ1n) is 8.75. The molecule has 0 atom stereocenters. The summed E-state index contributed by atoms with van der Waals surface area (Å²) in [5.41, 5.74) is 2.73. The Morgan fingerprint density at radius 2 is 1.65 bits per heavy atom. The number of amides is 1. The summed E-state index contributed by atoms with van der Waals surface area (Å²) in [6.45, 7) is 4.37. The van der Waals surface area contributed by atoms with Crippen molar-refractivity contribution in [1.82, 2.24) is 10.6 Å². The van der Waals surface area contributed by atoms with E-state index in [2.05, 4.69) is 15.5 Å². The van der Waals surface area contributed by atoms with Crippen LogP contribution in [0.25, 0.3) is 0 Å². The number of carbonyl (C=O) groups excluding carboxylic acids is 1. The van der Waals surface area contributed by atoms with Gasteiger partial charge in [0.2, 0.25) is 0 Å². The number of ether oxygens (including phenoxy) is 2. The van der Waals surface area contributed by atoms with E-state index in [0.717, 1.165) is 37.4 Å². The van der Waals surface area contributed by atoms with E-state index in [1.165, 1.54) is 0 Å². The molecule has 2 aromatic carbocycles. The Labute approximate surface area is 154 Å². The normalized spacial score (nSPS) is 14.0. The van der Waals surface area contributed by atoms with Crippen LogP contribution in [0.2, 0.25) is 0 Å². The van der Waals surface area contributed by atoms with Gasteiger partial charge in [0.1, 0.15) is 11.5 Å². The molecule has 2 N–H and O–H groups in total. The Balaban J connectivity index is 1.61. The number of nitrogens with one attached hydrogen (secondary N) is 2. The highest BCUT2D eigenvalue weighted by Gasteiger charge is 2.12. The standard InChI is InChI=1S/C20H25N3O3/c1-25-18-11-15(12-19(13-18)26-2)14-22-20(24)16-3-5-17(6-4-16)23-9-7-21-8-10-23/h3-6,11-13,21H,7-10,14H2,1-2H3,(H,22,24). The lowest BCUT2D eigenvalue weighted by atomic mass is 10.1. The third-order valence-corrected chi connectivity index (χ3v) is 4.48. The molecule has 0 unspecified atom stereocenters. The largest absolute Gasteiger partial charge is 0.497 e. The third-order valence-electron chi connectivity index (χ3n) is 4.48. The average Bonchev–Trinajstić information content (AvgIpc) is 2.72. The van der Waals surface area contributed by atoms with E-state index < -0.39 is 0 Å². The number of benzene rings is 2. The van der Waals surface area contributed by atoms with E-state index in [0.29, 0.717) is 23.6 Å². The van der Waals surface area contributed by atoms with E-state index >= 15 is 0 Å². The number of carbonyl (C=O) groups is 1. The molecule has 0 radical (unpaired) electrons. The monoisotopic (exact) mass is 355 g/mol. The second-order valence-corrected chi connectivity index (χ2v) is 6.19. The Bertz CT molecular complexity index is 718. The van der Waals surface area contributed by atoms with Crippen LogP contribution in [0, 0.1) is 0 Å². The molecule has 138 valence electrons. The minimum Gasteiger partial charge on any atom is -0.497 e. The number of nitrogens with zero attached hydrogens (tertiary/aromatic N) is 1. The number of piperazine rings is 1. The lowest BCUT2D eigenvalue weighted by molar-refractivity contribution is 0.0951. The van der Waals surface area contributed by atoms with Crippen LogP contribution in [-0.2, 0) is 6.54 Å². The molecule has 0 saturated carbocycles. The minimum atomic E-state index is -0.0985. The molecule has 1 heterocycles. The first-order chi connectivity index (χ1) is 12.7. The van der Waals surface area contributed by atoms with Crippen molar-refractivity contribution < 1.29 is 14.3 Å². The maximum Gasteiger partial charge on any atom is 0.251 e. The predicted molar refractivity (Wildman–Crippen MR) is 102 cm³/mol. The van der Waals surface area contributed by atoms with E-state index in [4.69, 9.17) is 9.47 Å². The highest BCUT2D eigenvalue weighted by atomic mass is 16.5. The van der Waals surface area contributed by atoms with Crippen molar-refractivity contribution in [2.75, 3.05) is 45.3 Å². The molecule has 0 aromatic heterocycles. The van der Waals surface area contributed by atoms with E-state index in [-0.39, 0.29) is 5.91 Å². The second-order valence-electron chi connectivity index (χ2n) is 6.19. The number of anilines is 1.